The molecule has 0 bridgehead atoms. The summed E-state index contributed by atoms with van der Waals surface area (Å²) in [7, 11) is 0. The van der Waals surface area contributed by atoms with Crippen molar-refractivity contribution in [3.63, 3.8) is 0 Å². The molecule has 1 atom stereocenters. The van der Waals surface area contributed by atoms with E-state index in [-0.39, 0.29) is 23.2 Å². The van der Waals surface area contributed by atoms with Gasteiger partial charge in [0.25, 0.3) is 0 Å². The molecule has 2 aromatic rings. The minimum absolute atomic E-state index is 0.0142. The van der Waals surface area contributed by atoms with Crippen molar-refractivity contribution in [2.24, 2.45) is 0 Å². The minimum atomic E-state index is -4.87. The molecule has 2 nitrogen and oxygen atoms in total. The summed E-state index contributed by atoms with van der Waals surface area (Å²) in [5.74, 6) is 0. The molecule has 1 aromatic heterocycles. The summed E-state index contributed by atoms with van der Waals surface area (Å²) in [4.78, 5) is 3.99. The highest BCUT2D eigenvalue weighted by atomic mass is 19.4. The second-order valence-corrected chi connectivity index (χ2v) is 5.95. The van der Waals surface area contributed by atoms with Crippen LogP contribution in [0, 0.1) is 0 Å². The lowest BCUT2D eigenvalue weighted by Gasteiger charge is -2.15. The van der Waals surface area contributed by atoms with Gasteiger partial charge in [-0.25, -0.2) is 0 Å². The van der Waals surface area contributed by atoms with Crippen LogP contribution >= 0.6 is 0 Å². The van der Waals surface area contributed by atoms with Gasteiger partial charge in [-0.3, -0.25) is 4.98 Å². The van der Waals surface area contributed by atoms with Crippen molar-refractivity contribution in [1.29, 1.82) is 0 Å². The molecule has 0 unspecified atom stereocenters. The van der Waals surface area contributed by atoms with Crippen LogP contribution in [0.25, 0.3) is 11.1 Å². The van der Waals surface area contributed by atoms with Gasteiger partial charge in [0.15, 0.2) is 0 Å². The first-order valence-electron chi connectivity index (χ1n) is 7.63. The highest BCUT2D eigenvalue weighted by Crippen LogP contribution is 2.39. The van der Waals surface area contributed by atoms with Gasteiger partial charge < -0.3 is 5.32 Å². The number of hydrogen-bond donors (Lipinski definition) is 1. The van der Waals surface area contributed by atoms with E-state index in [0.29, 0.717) is 0 Å². The lowest BCUT2D eigenvalue weighted by atomic mass is 9.97. The van der Waals surface area contributed by atoms with Crippen molar-refractivity contribution in [2.75, 3.05) is 6.54 Å². The predicted octanol–water partition coefficient (Wildman–Crippen LogP) is 5.21. The topological polar surface area (TPSA) is 24.9 Å². The highest BCUT2D eigenvalue weighted by Gasteiger charge is 2.37. The third kappa shape index (κ3) is 3.95. The van der Waals surface area contributed by atoms with Crippen LogP contribution in [-0.2, 0) is 12.4 Å². The van der Waals surface area contributed by atoms with Crippen LogP contribution in [0.2, 0.25) is 0 Å². The molecule has 1 aliphatic heterocycles. The molecule has 1 fully saturated rings. The van der Waals surface area contributed by atoms with E-state index in [1.165, 1.54) is 6.20 Å². The summed E-state index contributed by atoms with van der Waals surface area (Å²) in [6.45, 7) is 0.816. The van der Waals surface area contributed by atoms with Gasteiger partial charge in [0.1, 0.15) is 0 Å². The van der Waals surface area contributed by atoms with E-state index in [1.54, 1.807) is 12.3 Å². The Morgan fingerprint density at radius 2 is 1.48 bits per heavy atom. The molecule has 8 heteroatoms. The number of nitrogens with zero attached hydrogens (tertiary/aromatic N) is 1. The maximum Gasteiger partial charge on any atom is 0.416 e. The van der Waals surface area contributed by atoms with Gasteiger partial charge in [0.2, 0.25) is 0 Å². The van der Waals surface area contributed by atoms with E-state index in [4.69, 9.17) is 0 Å². The number of hydrogen-bond acceptors (Lipinski definition) is 2. The zero-order valence-corrected chi connectivity index (χ0v) is 12.9. The zero-order valence-electron chi connectivity index (χ0n) is 12.9. The summed E-state index contributed by atoms with van der Waals surface area (Å²) in [5, 5.41) is 3.22. The highest BCUT2D eigenvalue weighted by molar-refractivity contribution is 5.65. The fourth-order valence-corrected chi connectivity index (χ4v) is 2.90. The molecular weight excluding hydrogens is 346 g/mol. The first-order chi connectivity index (χ1) is 11.6. The normalized spacial score (nSPS) is 18.6. The Morgan fingerprint density at radius 3 is 2.00 bits per heavy atom. The van der Waals surface area contributed by atoms with E-state index in [9.17, 15) is 26.3 Å². The molecule has 1 aliphatic rings. The fourth-order valence-electron chi connectivity index (χ4n) is 2.90. The largest absolute Gasteiger partial charge is 0.416 e. The molecule has 3 rings (SSSR count). The fraction of sp³-hybridized carbons (Fsp3) is 0.353. The van der Waals surface area contributed by atoms with Gasteiger partial charge in [-0.05, 0) is 54.8 Å². The molecule has 2 heterocycles. The van der Waals surface area contributed by atoms with Crippen molar-refractivity contribution >= 4 is 0 Å². The van der Waals surface area contributed by atoms with E-state index < -0.39 is 23.5 Å². The summed E-state index contributed by atoms with van der Waals surface area (Å²) < 4.78 is 77.9. The van der Waals surface area contributed by atoms with Gasteiger partial charge >= 0.3 is 12.4 Å². The molecule has 0 radical (unpaired) electrons. The second kappa shape index (κ2) is 6.33. The van der Waals surface area contributed by atoms with Crippen LogP contribution in [0.1, 0.15) is 35.6 Å². The van der Waals surface area contributed by atoms with Crippen molar-refractivity contribution in [2.45, 2.75) is 31.2 Å². The number of halogens is 6. The monoisotopic (exact) mass is 360 g/mol. The van der Waals surface area contributed by atoms with Crippen LogP contribution < -0.4 is 5.32 Å². The smallest absolute Gasteiger partial charge is 0.310 e. The van der Waals surface area contributed by atoms with E-state index >= 15 is 0 Å². The van der Waals surface area contributed by atoms with Crippen molar-refractivity contribution in [3.8, 4) is 11.1 Å². The molecule has 1 aromatic carbocycles. The van der Waals surface area contributed by atoms with Crippen LogP contribution in [0.4, 0.5) is 26.3 Å². The number of pyridine rings is 1. The predicted molar refractivity (Wildman–Crippen MR) is 79.7 cm³/mol. The Balaban J connectivity index is 2.08. The Bertz CT molecular complexity index is 728. The van der Waals surface area contributed by atoms with Crippen molar-refractivity contribution < 1.29 is 26.3 Å². The lowest BCUT2D eigenvalue weighted by molar-refractivity contribution is -0.143. The molecule has 0 spiro atoms. The summed E-state index contributed by atoms with van der Waals surface area (Å²) in [6, 6.07) is 3.17. The average molecular weight is 360 g/mol. The van der Waals surface area contributed by atoms with Gasteiger partial charge in [-0.1, -0.05) is 0 Å². The number of alkyl halides is 6. The third-order valence-electron chi connectivity index (χ3n) is 4.14. The molecule has 25 heavy (non-hydrogen) atoms. The third-order valence-corrected chi connectivity index (χ3v) is 4.14. The number of rotatable bonds is 2. The van der Waals surface area contributed by atoms with Gasteiger partial charge in [0.05, 0.1) is 11.1 Å². The maximum atomic E-state index is 13.0. The van der Waals surface area contributed by atoms with Gasteiger partial charge in [-0.2, -0.15) is 26.3 Å². The van der Waals surface area contributed by atoms with E-state index in [0.717, 1.165) is 37.1 Å². The van der Waals surface area contributed by atoms with E-state index in [2.05, 4.69) is 10.3 Å². The van der Waals surface area contributed by atoms with Crippen molar-refractivity contribution in [3.05, 3.63) is 53.3 Å². The Kier molecular flexibility index (Phi) is 4.49. The minimum Gasteiger partial charge on any atom is -0.310 e. The first kappa shape index (κ1) is 17.7. The molecule has 0 aliphatic carbocycles. The maximum absolute atomic E-state index is 13.0. The summed E-state index contributed by atoms with van der Waals surface area (Å²) in [6.07, 6.45) is -5.08. The van der Waals surface area contributed by atoms with Crippen LogP contribution in [0.15, 0.2) is 36.7 Å². The van der Waals surface area contributed by atoms with Gasteiger partial charge in [0, 0.05) is 24.0 Å². The van der Waals surface area contributed by atoms with Gasteiger partial charge in [-0.15, -0.1) is 0 Å². The number of benzene rings is 1. The summed E-state index contributed by atoms with van der Waals surface area (Å²) >= 11 is 0. The Hall–Kier alpha value is -2.09. The molecule has 134 valence electrons. The molecule has 1 N–H and O–H groups in total. The Morgan fingerprint density at radius 1 is 0.840 bits per heavy atom. The molecule has 1 saturated heterocycles. The van der Waals surface area contributed by atoms with Crippen LogP contribution in [0.5, 0.6) is 0 Å². The van der Waals surface area contributed by atoms with Crippen molar-refractivity contribution in [1.82, 2.24) is 10.3 Å². The second-order valence-electron chi connectivity index (χ2n) is 5.95. The zero-order chi connectivity index (χ0) is 18.2. The average Bonchev–Trinajstić information content (AvgIpc) is 3.07. The quantitative estimate of drug-likeness (QED) is 0.744. The molecule has 0 saturated carbocycles. The SMILES string of the molecule is FC(F)(F)c1cc(-c2cncc([C@@H]3CCCN3)c2)cc(C(F)(F)F)c1. The molecule has 0 amide bonds. The Labute approximate surface area is 139 Å². The van der Waals surface area contributed by atoms with E-state index in [1.807, 2.05) is 0 Å². The number of nitrogens with one attached hydrogen (secondary N) is 1. The van der Waals surface area contributed by atoms with Crippen LogP contribution in [-0.4, -0.2) is 11.5 Å². The summed E-state index contributed by atoms with van der Waals surface area (Å²) in [5.41, 5.74) is -1.85. The van der Waals surface area contributed by atoms with Crippen LogP contribution in [0.3, 0.4) is 0 Å². The number of aromatic nitrogens is 1. The lowest BCUT2D eigenvalue weighted by Crippen LogP contribution is -2.13. The molecular formula is C17H14F6N2. The first-order valence-corrected chi connectivity index (χ1v) is 7.63. The standard InChI is InChI=1S/C17H14F6N2/c18-16(19,20)13-5-10(6-14(7-13)17(21,22)23)11-4-12(9-24-8-11)15-2-1-3-25-15/h4-9,15,25H,1-3H2/t15-/m0/s1.